The van der Waals surface area contributed by atoms with Crippen LogP contribution in [0.4, 0.5) is 0 Å². The largest absolute Gasteiger partial charge is 0.503 e. The fraction of sp³-hybridized carbons (Fsp3) is 0.130. The molecule has 1 aromatic carbocycles. The van der Waals surface area contributed by atoms with Crippen LogP contribution in [0.5, 0.6) is 5.75 Å². The van der Waals surface area contributed by atoms with Gasteiger partial charge in [0.25, 0.3) is 5.91 Å². The van der Waals surface area contributed by atoms with Crippen LogP contribution in [0.3, 0.4) is 0 Å². The van der Waals surface area contributed by atoms with E-state index in [1.807, 2.05) is 0 Å². The highest BCUT2D eigenvalue weighted by Crippen LogP contribution is 2.40. The summed E-state index contributed by atoms with van der Waals surface area (Å²) in [5.41, 5.74) is 0.554. The fourth-order valence-electron chi connectivity index (χ4n) is 3.44. The van der Waals surface area contributed by atoms with Gasteiger partial charge in [-0.2, -0.15) is 0 Å². The van der Waals surface area contributed by atoms with E-state index < -0.39 is 23.5 Å². The third kappa shape index (κ3) is 3.53. The van der Waals surface area contributed by atoms with Crippen LogP contribution < -0.4 is 4.74 Å². The van der Waals surface area contributed by atoms with Gasteiger partial charge in [-0.3, -0.25) is 9.59 Å². The molecule has 0 radical (unpaired) electrons. The van der Waals surface area contributed by atoms with Gasteiger partial charge in [-0.1, -0.05) is 24.8 Å². The summed E-state index contributed by atoms with van der Waals surface area (Å²) in [4.78, 5) is 27.4. The molecule has 152 valence electrons. The van der Waals surface area contributed by atoms with Gasteiger partial charge in [-0.05, 0) is 42.0 Å². The van der Waals surface area contributed by atoms with Crippen LogP contribution >= 0.6 is 0 Å². The number of hydrogen-bond donors (Lipinski definition) is 1. The minimum atomic E-state index is -0.840. The average molecular weight is 405 g/mol. The van der Waals surface area contributed by atoms with E-state index in [1.54, 1.807) is 48.5 Å². The number of hydrogen-bond acceptors (Lipinski definition) is 6. The van der Waals surface area contributed by atoms with Crippen LogP contribution in [-0.2, 0) is 11.3 Å². The predicted octanol–water partition coefficient (Wildman–Crippen LogP) is 4.22. The number of amides is 1. The highest BCUT2D eigenvalue weighted by atomic mass is 16.5. The average Bonchev–Trinajstić information content (AvgIpc) is 3.51. The Bertz CT molecular complexity index is 1090. The lowest BCUT2D eigenvalue weighted by Crippen LogP contribution is -2.30. The lowest BCUT2D eigenvalue weighted by atomic mass is 9.95. The summed E-state index contributed by atoms with van der Waals surface area (Å²) < 4.78 is 16.2. The van der Waals surface area contributed by atoms with Gasteiger partial charge in [-0.15, -0.1) is 0 Å². The van der Waals surface area contributed by atoms with Crippen molar-refractivity contribution in [2.24, 2.45) is 0 Å². The first-order chi connectivity index (χ1) is 14.6. The van der Waals surface area contributed by atoms with Crippen molar-refractivity contribution in [3.8, 4) is 5.75 Å². The minimum Gasteiger partial charge on any atom is -0.503 e. The molecule has 0 spiro atoms. The molecule has 3 aromatic rings. The molecule has 0 saturated carbocycles. The number of aliphatic hydroxyl groups excluding tert-OH is 1. The highest BCUT2D eigenvalue weighted by Gasteiger charge is 2.44. The van der Waals surface area contributed by atoms with Crippen molar-refractivity contribution < 1.29 is 28.3 Å². The summed E-state index contributed by atoms with van der Waals surface area (Å²) >= 11 is 0. The van der Waals surface area contributed by atoms with E-state index in [2.05, 4.69) is 6.58 Å². The summed E-state index contributed by atoms with van der Waals surface area (Å²) in [6, 6.07) is 12.7. The van der Waals surface area contributed by atoms with Gasteiger partial charge in [0.05, 0.1) is 30.7 Å². The summed E-state index contributed by atoms with van der Waals surface area (Å²) in [6.45, 7) is 4.01. The third-order valence-corrected chi connectivity index (χ3v) is 4.74. The minimum absolute atomic E-state index is 0.0354. The molecule has 4 rings (SSSR count). The molecule has 1 amide bonds. The van der Waals surface area contributed by atoms with Gasteiger partial charge in [0.1, 0.15) is 18.1 Å². The van der Waals surface area contributed by atoms with Gasteiger partial charge in [0, 0.05) is 0 Å². The first kappa shape index (κ1) is 19.3. The number of aliphatic hydroxyl groups is 1. The number of furan rings is 2. The summed E-state index contributed by atoms with van der Waals surface area (Å²) in [5, 5.41) is 10.6. The topological polar surface area (TPSA) is 93.1 Å². The first-order valence-electron chi connectivity index (χ1n) is 9.28. The maximum Gasteiger partial charge on any atom is 0.290 e. The number of rotatable bonds is 8. The Balaban J connectivity index is 1.78. The zero-order valence-electron chi connectivity index (χ0n) is 16.0. The molecule has 0 unspecified atom stereocenters. The second kappa shape index (κ2) is 8.16. The quantitative estimate of drug-likeness (QED) is 0.446. The van der Waals surface area contributed by atoms with Crippen molar-refractivity contribution in [1.29, 1.82) is 0 Å². The molecule has 2 aromatic heterocycles. The molecular weight excluding hydrogens is 386 g/mol. The number of ketones is 1. The number of carbonyl (C=O) groups is 2. The summed E-state index contributed by atoms with van der Waals surface area (Å²) in [6.07, 6.45) is 4.48. The molecule has 1 aliphatic heterocycles. The van der Waals surface area contributed by atoms with Crippen LogP contribution in [0.25, 0.3) is 0 Å². The number of Topliss-reactive ketones (excluding diaryl/α,β-unsaturated/α-hetero) is 1. The normalized spacial score (nSPS) is 16.2. The Morgan fingerprint density at radius 3 is 2.67 bits per heavy atom. The SMILES string of the molecule is C=CCOc1cccc([C@H]2C(C(=O)c3ccco3)=C(O)C(=O)N2Cc2ccco2)c1. The maximum absolute atomic E-state index is 13.1. The molecule has 0 bridgehead atoms. The van der Waals surface area contributed by atoms with Crippen molar-refractivity contribution in [1.82, 2.24) is 4.90 Å². The van der Waals surface area contributed by atoms with E-state index in [0.717, 1.165) is 0 Å². The first-order valence-corrected chi connectivity index (χ1v) is 9.28. The molecular formula is C23H19NO6. The summed E-state index contributed by atoms with van der Waals surface area (Å²) in [5.74, 6) is -0.724. The molecule has 0 aliphatic carbocycles. The van der Waals surface area contributed by atoms with E-state index in [4.69, 9.17) is 13.6 Å². The van der Waals surface area contributed by atoms with Gasteiger partial charge in [0.2, 0.25) is 5.78 Å². The van der Waals surface area contributed by atoms with E-state index in [0.29, 0.717) is 23.7 Å². The molecule has 7 heteroatoms. The standard InChI is InChI=1S/C23H19NO6/c1-2-10-28-16-7-3-6-15(13-16)20-19(21(25)18-9-5-12-30-18)22(26)23(27)24(20)14-17-8-4-11-29-17/h2-9,11-13,20,26H,1,10,14H2/t20-/m0/s1. The molecule has 1 N–H and O–H groups in total. The zero-order chi connectivity index (χ0) is 21.1. The third-order valence-electron chi connectivity index (χ3n) is 4.74. The molecule has 0 saturated heterocycles. The van der Waals surface area contributed by atoms with Crippen LogP contribution in [0.15, 0.2) is 93.9 Å². The van der Waals surface area contributed by atoms with Crippen LogP contribution in [-0.4, -0.2) is 28.3 Å². The lowest BCUT2D eigenvalue weighted by molar-refractivity contribution is -0.130. The summed E-state index contributed by atoms with van der Waals surface area (Å²) in [7, 11) is 0. The van der Waals surface area contributed by atoms with Crippen molar-refractivity contribution in [2.45, 2.75) is 12.6 Å². The zero-order valence-corrected chi connectivity index (χ0v) is 16.0. The Labute approximate surface area is 172 Å². The van der Waals surface area contributed by atoms with E-state index in [9.17, 15) is 14.7 Å². The fourth-order valence-corrected chi connectivity index (χ4v) is 3.44. The number of ether oxygens (including phenoxy) is 1. The van der Waals surface area contributed by atoms with E-state index in [1.165, 1.54) is 23.5 Å². The highest BCUT2D eigenvalue weighted by molar-refractivity contribution is 6.14. The number of carbonyl (C=O) groups excluding carboxylic acids is 2. The number of benzene rings is 1. The monoisotopic (exact) mass is 405 g/mol. The Hall–Kier alpha value is -4.00. The second-order valence-electron chi connectivity index (χ2n) is 6.66. The molecule has 0 fully saturated rings. The van der Waals surface area contributed by atoms with Crippen LogP contribution in [0.2, 0.25) is 0 Å². The lowest BCUT2D eigenvalue weighted by Gasteiger charge is -2.26. The number of nitrogens with zero attached hydrogens (tertiary/aromatic N) is 1. The predicted molar refractivity (Wildman–Crippen MR) is 107 cm³/mol. The van der Waals surface area contributed by atoms with Crippen molar-refractivity contribution >= 4 is 11.7 Å². The van der Waals surface area contributed by atoms with Crippen molar-refractivity contribution in [3.05, 3.63) is 102 Å². The van der Waals surface area contributed by atoms with Crippen LogP contribution in [0.1, 0.15) is 27.9 Å². The Kier molecular flexibility index (Phi) is 5.26. The van der Waals surface area contributed by atoms with Crippen molar-refractivity contribution in [2.75, 3.05) is 6.61 Å². The molecule has 7 nitrogen and oxygen atoms in total. The second-order valence-corrected chi connectivity index (χ2v) is 6.66. The molecule has 3 heterocycles. The van der Waals surface area contributed by atoms with Gasteiger partial charge in [0.15, 0.2) is 11.5 Å². The molecule has 1 aliphatic rings. The Morgan fingerprint density at radius 2 is 1.97 bits per heavy atom. The van der Waals surface area contributed by atoms with Crippen molar-refractivity contribution in [3.63, 3.8) is 0 Å². The van der Waals surface area contributed by atoms with E-state index in [-0.39, 0.29) is 17.9 Å². The van der Waals surface area contributed by atoms with Gasteiger partial charge < -0.3 is 23.6 Å². The molecule has 30 heavy (non-hydrogen) atoms. The smallest absolute Gasteiger partial charge is 0.290 e. The maximum atomic E-state index is 13.1. The van der Waals surface area contributed by atoms with Crippen LogP contribution in [0, 0.1) is 0 Å². The van der Waals surface area contributed by atoms with E-state index >= 15 is 0 Å². The van der Waals surface area contributed by atoms with Gasteiger partial charge >= 0.3 is 0 Å². The Morgan fingerprint density at radius 1 is 1.17 bits per heavy atom. The van der Waals surface area contributed by atoms with Gasteiger partial charge in [-0.25, -0.2) is 0 Å². The molecule has 1 atom stereocenters.